The van der Waals surface area contributed by atoms with Crippen molar-refractivity contribution in [2.75, 3.05) is 27.7 Å². The van der Waals surface area contributed by atoms with Gasteiger partial charge in [0.05, 0.1) is 21.1 Å². The normalized spacial score (nSPS) is 14.6. The summed E-state index contributed by atoms with van der Waals surface area (Å²) in [5, 5.41) is 9.01. The number of rotatable bonds is 4. The molecule has 0 aromatic rings. The van der Waals surface area contributed by atoms with Gasteiger partial charge in [-0.15, -0.1) is 12.6 Å². The van der Waals surface area contributed by atoms with E-state index in [1.54, 1.807) is 0 Å². The average Bonchev–Trinajstić information content (AvgIpc) is 1.53. The van der Waals surface area contributed by atoms with Crippen LogP contribution in [0.5, 0.6) is 0 Å². The van der Waals surface area contributed by atoms with Crippen LogP contribution in [0.4, 0.5) is 0 Å². The molecule has 11 heavy (non-hydrogen) atoms. The largest absolute Gasteiger partial charge is 0.387 e. The molecule has 0 saturated heterocycles. The Hall–Kier alpha value is -0.0600. The van der Waals surface area contributed by atoms with Gasteiger partial charge in [-0.3, -0.25) is 4.79 Å². The summed E-state index contributed by atoms with van der Waals surface area (Å²) in [6.45, 7) is 0.576. The molecule has 1 atom stereocenters. The van der Waals surface area contributed by atoms with Crippen LogP contribution in [0.2, 0.25) is 0 Å². The van der Waals surface area contributed by atoms with Crippen molar-refractivity contribution in [3.63, 3.8) is 0 Å². The Morgan fingerprint density at radius 2 is 2.00 bits per heavy atom. The van der Waals surface area contributed by atoms with Gasteiger partial charge in [-0.1, -0.05) is 0 Å². The maximum atomic E-state index is 10.4. The molecule has 0 aliphatic carbocycles. The first-order valence-corrected chi connectivity index (χ1v) is 3.96. The molecule has 1 N–H and O–H groups in total. The van der Waals surface area contributed by atoms with Crippen molar-refractivity contribution in [2.45, 2.75) is 12.5 Å². The second kappa shape index (κ2) is 4.09. The van der Waals surface area contributed by atoms with Gasteiger partial charge in [-0.2, -0.15) is 0 Å². The van der Waals surface area contributed by atoms with Crippen LogP contribution in [0, 0.1) is 0 Å². The second-order valence-corrected chi connectivity index (χ2v) is 4.22. The van der Waals surface area contributed by atoms with Gasteiger partial charge in [-0.05, 0) is 0 Å². The monoisotopic (exact) mass is 178 g/mol. The summed E-state index contributed by atoms with van der Waals surface area (Å²) in [5.41, 5.74) is 0. The van der Waals surface area contributed by atoms with Crippen molar-refractivity contribution in [1.82, 2.24) is 0 Å². The molecule has 3 nitrogen and oxygen atoms in total. The molecule has 0 radical (unpaired) electrons. The number of hydrogen-bond acceptors (Lipinski definition) is 2. The maximum Gasteiger partial charge on any atom is 0.188 e. The molecular weight excluding hydrogens is 162 g/mol. The van der Waals surface area contributed by atoms with Gasteiger partial charge < -0.3 is 9.59 Å². The van der Waals surface area contributed by atoms with Gasteiger partial charge in [0.2, 0.25) is 0 Å². The predicted octanol–water partition coefficient (Wildman–Crippen LogP) is -0.100. The Balaban J connectivity index is 3.69. The SMILES string of the molecule is C[N+](C)(C)C[C@H](O)CC(=O)S. The van der Waals surface area contributed by atoms with E-state index in [1.165, 1.54) is 0 Å². The third-order valence-corrected chi connectivity index (χ3v) is 1.35. The Morgan fingerprint density at radius 3 is 2.27 bits per heavy atom. The Bertz CT molecular complexity index is 142. The first kappa shape index (κ1) is 10.9. The zero-order chi connectivity index (χ0) is 9.07. The van der Waals surface area contributed by atoms with Gasteiger partial charge >= 0.3 is 0 Å². The molecule has 0 spiro atoms. The highest BCUT2D eigenvalue weighted by Crippen LogP contribution is 2.01. The Labute approximate surface area is 73.0 Å². The van der Waals surface area contributed by atoms with E-state index in [9.17, 15) is 9.90 Å². The number of carbonyl (C=O) groups excluding carboxylic acids is 1. The number of aliphatic hydroxyl groups is 1. The first-order valence-electron chi connectivity index (χ1n) is 3.51. The van der Waals surface area contributed by atoms with Gasteiger partial charge in [-0.25, -0.2) is 0 Å². The summed E-state index contributed by atoms with van der Waals surface area (Å²) in [7, 11) is 5.89. The van der Waals surface area contributed by atoms with Crippen LogP contribution in [0.25, 0.3) is 0 Å². The molecule has 0 aromatic heterocycles. The third kappa shape index (κ3) is 7.84. The molecule has 0 aromatic carbocycles. The standard InChI is InChI=1S/C7H15NO2S/c1-8(2,3)5-6(9)4-7(10)11/h6,9H,4-5H2,1-3H3/p+1/t6-/m1/s1. The number of quaternary nitrogens is 1. The number of aliphatic hydroxyl groups excluding tert-OH is 1. The van der Waals surface area contributed by atoms with Crippen LogP contribution >= 0.6 is 12.6 Å². The van der Waals surface area contributed by atoms with Crippen LogP contribution in [0.1, 0.15) is 6.42 Å². The van der Waals surface area contributed by atoms with Crippen LogP contribution in [0.3, 0.4) is 0 Å². The lowest BCUT2D eigenvalue weighted by Gasteiger charge is -2.26. The average molecular weight is 178 g/mol. The third-order valence-electron chi connectivity index (χ3n) is 1.17. The quantitative estimate of drug-likeness (QED) is 0.466. The Kier molecular flexibility index (Phi) is 4.07. The maximum absolute atomic E-state index is 10.4. The minimum Gasteiger partial charge on any atom is -0.387 e. The van der Waals surface area contributed by atoms with E-state index in [4.69, 9.17) is 0 Å². The van der Waals surface area contributed by atoms with Crippen molar-refractivity contribution in [3.8, 4) is 0 Å². The fourth-order valence-electron chi connectivity index (χ4n) is 0.898. The number of thiol groups is 1. The molecule has 0 fully saturated rings. The van der Waals surface area contributed by atoms with Crippen molar-refractivity contribution in [3.05, 3.63) is 0 Å². The van der Waals surface area contributed by atoms with E-state index in [1.807, 2.05) is 21.1 Å². The fourth-order valence-corrected chi connectivity index (χ4v) is 1.11. The van der Waals surface area contributed by atoms with E-state index in [0.717, 1.165) is 0 Å². The molecule has 0 amide bonds. The number of hydrogen-bond donors (Lipinski definition) is 2. The van der Waals surface area contributed by atoms with Crippen LogP contribution in [0.15, 0.2) is 0 Å². The lowest BCUT2D eigenvalue weighted by molar-refractivity contribution is -0.873. The fraction of sp³-hybridized carbons (Fsp3) is 0.857. The highest BCUT2D eigenvalue weighted by Gasteiger charge is 2.16. The molecule has 0 unspecified atom stereocenters. The lowest BCUT2D eigenvalue weighted by atomic mass is 10.2. The van der Waals surface area contributed by atoms with Gasteiger partial charge in [0.25, 0.3) is 0 Å². The number of likely N-dealkylation sites (N-methyl/N-ethyl adjacent to an activating group) is 1. The molecule has 66 valence electrons. The molecule has 0 aliphatic rings. The first-order chi connectivity index (χ1) is 4.81. The summed E-state index contributed by atoms with van der Waals surface area (Å²) in [6, 6.07) is 0. The van der Waals surface area contributed by atoms with Crippen molar-refractivity contribution < 1.29 is 14.4 Å². The summed E-state index contributed by atoms with van der Waals surface area (Å²) in [4.78, 5) is 10.4. The summed E-state index contributed by atoms with van der Waals surface area (Å²) in [5.74, 6) is 0. The van der Waals surface area contributed by atoms with Crippen molar-refractivity contribution in [2.24, 2.45) is 0 Å². The highest BCUT2D eigenvalue weighted by molar-refractivity contribution is 7.96. The minimum absolute atomic E-state index is 0.138. The smallest absolute Gasteiger partial charge is 0.188 e. The van der Waals surface area contributed by atoms with E-state index >= 15 is 0 Å². The minimum atomic E-state index is -0.569. The molecule has 0 aliphatic heterocycles. The van der Waals surface area contributed by atoms with Crippen LogP contribution in [-0.2, 0) is 4.79 Å². The summed E-state index contributed by atoms with van der Waals surface area (Å²) < 4.78 is 0.655. The van der Waals surface area contributed by atoms with E-state index < -0.39 is 6.10 Å². The van der Waals surface area contributed by atoms with E-state index in [2.05, 4.69) is 12.6 Å². The second-order valence-electron chi connectivity index (χ2n) is 3.72. The van der Waals surface area contributed by atoms with Crippen molar-refractivity contribution >= 4 is 17.7 Å². The zero-order valence-electron chi connectivity index (χ0n) is 7.24. The Morgan fingerprint density at radius 1 is 1.55 bits per heavy atom. The topological polar surface area (TPSA) is 37.3 Å². The number of carbonyl (C=O) groups is 1. The molecule has 0 heterocycles. The highest BCUT2D eigenvalue weighted by atomic mass is 32.1. The lowest BCUT2D eigenvalue weighted by Crippen LogP contribution is -2.41. The van der Waals surface area contributed by atoms with Gasteiger partial charge in [0, 0.05) is 6.42 Å². The van der Waals surface area contributed by atoms with Gasteiger partial charge in [0.1, 0.15) is 12.6 Å². The molecular formula is C7H16NO2S+. The zero-order valence-corrected chi connectivity index (χ0v) is 8.14. The van der Waals surface area contributed by atoms with Crippen LogP contribution in [-0.4, -0.2) is 48.5 Å². The molecule has 0 rings (SSSR count). The molecule has 0 saturated carbocycles. The molecule has 4 heteroatoms. The van der Waals surface area contributed by atoms with Crippen LogP contribution < -0.4 is 0 Å². The molecule has 0 bridgehead atoms. The predicted molar refractivity (Wildman–Crippen MR) is 47.5 cm³/mol. The summed E-state index contributed by atoms with van der Waals surface area (Å²) >= 11 is 3.58. The number of nitrogens with zero attached hydrogens (tertiary/aromatic N) is 1. The summed E-state index contributed by atoms with van der Waals surface area (Å²) in [6.07, 6.45) is -0.432. The van der Waals surface area contributed by atoms with Crippen molar-refractivity contribution in [1.29, 1.82) is 0 Å². The van der Waals surface area contributed by atoms with E-state index in [0.29, 0.717) is 11.0 Å². The van der Waals surface area contributed by atoms with Gasteiger partial charge in [0.15, 0.2) is 5.12 Å². The van der Waals surface area contributed by atoms with E-state index in [-0.39, 0.29) is 11.5 Å².